The van der Waals surface area contributed by atoms with Crippen LogP contribution in [0.2, 0.25) is 0 Å². The van der Waals surface area contributed by atoms with E-state index >= 15 is 0 Å². The van der Waals surface area contributed by atoms with Crippen molar-refractivity contribution in [1.82, 2.24) is 19.9 Å². The number of nitrogens with one attached hydrogen (secondary N) is 2. The van der Waals surface area contributed by atoms with Gasteiger partial charge in [-0.1, -0.05) is 12.5 Å². The van der Waals surface area contributed by atoms with Gasteiger partial charge in [-0.25, -0.2) is 23.4 Å². The molecule has 1 aromatic carbocycles. The number of aromatic nitrogens is 4. The Balaban J connectivity index is 1.50. The molecule has 1 saturated carbocycles. The number of carbonyl (C=O) groups is 1. The number of hydrogen-bond acceptors (Lipinski definition) is 8. The second-order valence-corrected chi connectivity index (χ2v) is 11.2. The molecule has 0 spiro atoms. The molecule has 1 amide bonds. The number of carbonyl (C=O) groups excluding carboxylic acids is 1. The predicted molar refractivity (Wildman–Crippen MR) is 137 cm³/mol. The standard InChI is InChI=1S/C25H30N6O4S/c1-5-35-22-15-26-14-20(28-22)17-9-10-19(16(2)13-17)29-23(32)25(3,4)21-11-12-27-24(30-21)31-36(33,34)18-7-6-8-18/h9-15,18H,5-8H2,1-4H3,(H,29,32)(H,27,30,31). The van der Waals surface area contributed by atoms with E-state index in [-0.39, 0.29) is 11.9 Å². The van der Waals surface area contributed by atoms with Gasteiger partial charge in [-0.05, 0) is 64.3 Å². The van der Waals surface area contributed by atoms with E-state index in [0.29, 0.717) is 42.4 Å². The molecule has 0 saturated heterocycles. The highest BCUT2D eigenvalue weighted by molar-refractivity contribution is 7.93. The number of ether oxygens (including phenoxy) is 1. The molecule has 190 valence electrons. The Morgan fingerprint density at radius 2 is 1.94 bits per heavy atom. The molecule has 1 aliphatic rings. The summed E-state index contributed by atoms with van der Waals surface area (Å²) in [4.78, 5) is 30.3. The third kappa shape index (κ3) is 5.46. The first-order valence-corrected chi connectivity index (χ1v) is 13.4. The Kier molecular flexibility index (Phi) is 7.21. The van der Waals surface area contributed by atoms with Gasteiger partial charge < -0.3 is 10.1 Å². The van der Waals surface area contributed by atoms with Crippen molar-refractivity contribution >= 4 is 27.6 Å². The monoisotopic (exact) mass is 510 g/mol. The number of amides is 1. The molecule has 2 aromatic heterocycles. The van der Waals surface area contributed by atoms with Gasteiger partial charge in [-0.2, -0.15) is 0 Å². The number of sulfonamides is 1. The zero-order valence-corrected chi connectivity index (χ0v) is 21.6. The Hall–Kier alpha value is -3.60. The van der Waals surface area contributed by atoms with E-state index in [1.807, 2.05) is 32.0 Å². The maximum Gasteiger partial charge on any atom is 0.237 e. The maximum atomic E-state index is 13.3. The number of aryl methyl sites for hydroxylation is 1. The van der Waals surface area contributed by atoms with Gasteiger partial charge >= 0.3 is 0 Å². The first-order chi connectivity index (χ1) is 17.1. The average molecular weight is 511 g/mol. The molecule has 0 radical (unpaired) electrons. The van der Waals surface area contributed by atoms with Crippen LogP contribution in [-0.4, -0.2) is 46.1 Å². The first kappa shape index (κ1) is 25.5. The molecule has 11 heteroatoms. The molecule has 2 N–H and O–H groups in total. The molecular weight excluding hydrogens is 480 g/mol. The molecule has 1 aliphatic carbocycles. The van der Waals surface area contributed by atoms with Gasteiger partial charge in [0.15, 0.2) is 0 Å². The summed E-state index contributed by atoms with van der Waals surface area (Å²) in [5.41, 5.74) is 2.35. The van der Waals surface area contributed by atoms with E-state index in [1.165, 1.54) is 6.20 Å². The molecule has 0 unspecified atom stereocenters. The zero-order chi connectivity index (χ0) is 25.9. The predicted octanol–water partition coefficient (Wildman–Crippen LogP) is 3.85. The van der Waals surface area contributed by atoms with Crippen molar-refractivity contribution in [3.8, 4) is 17.1 Å². The van der Waals surface area contributed by atoms with Crippen molar-refractivity contribution in [2.45, 2.75) is 57.6 Å². The smallest absolute Gasteiger partial charge is 0.237 e. The van der Waals surface area contributed by atoms with Gasteiger partial charge in [0.1, 0.15) is 0 Å². The van der Waals surface area contributed by atoms with Crippen LogP contribution in [0.25, 0.3) is 11.3 Å². The largest absolute Gasteiger partial charge is 0.477 e. The Labute approximate surface area is 211 Å². The van der Waals surface area contributed by atoms with E-state index in [9.17, 15) is 13.2 Å². The van der Waals surface area contributed by atoms with Gasteiger partial charge in [-0.15, -0.1) is 0 Å². The maximum absolute atomic E-state index is 13.3. The van der Waals surface area contributed by atoms with E-state index in [1.54, 1.807) is 32.3 Å². The highest BCUT2D eigenvalue weighted by atomic mass is 32.2. The molecule has 3 aromatic rings. The normalized spacial score (nSPS) is 14.1. The van der Waals surface area contributed by atoms with Crippen LogP contribution in [-0.2, 0) is 20.2 Å². The molecule has 0 bridgehead atoms. The lowest BCUT2D eigenvalue weighted by molar-refractivity contribution is -0.120. The number of anilines is 2. The van der Waals surface area contributed by atoms with Crippen LogP contribution in [0.15, 0.2) is 42.9 Å². The van der Waals surface area contributed by atoms with E-state index in [0.717, 1.165) is 17.5 Å². The second-order valence-electron chi connectivity index (χ2n) is 9.25. The van der Waals surface area contributed by atoms with Crippen LogP contribution in [0.5, 0.6) is 5.88 Å². The van der Waals surface area contributed by atoms with E-state index in [2.05, 4.69) is 30.0 Å². The SMILES string of the molecule is CCOc1cncc(-c2ccc(NC(=O)C(C)(C)c3ccnc(NS(=O)(=O)C4CCC4)n3)c(C)c2)n1. The van der Waals surface area contributed by atoms with Crippen LogP contribution in [0.1, 0.15) is 51.3 Å². The minimum Gasteiger partial charge on any atom is -0.477 e. The Bertz CT molecular complexity index is 1370. The van der Waals surface area contributed by atoms with Crippen LogP contribution < -0.4 is 14.8 Å². The van der Waals surface area contributed by atoms with Crippen LogP contribution in [0.3, 0.4) is 0 Å². The molecule has 4 rings (SSSR count). The minimum absolute atomic E-state index is 0.0313. The third-order valence-electron chi connectivity index (χ3n) is 6.26. The fourth-order valence-electron chi connectivity index (χ4n) is 3.71. The summed E-state index contributed by atoms with van der Waals surface area (Å²) < 4.78 is 32.8. The number of hydrogen-bond donors (Lipinski definition) is 2. The lowest BCUT2D eigenvalue weighted by Crippen LogP contribution is -2.37. The lowest BCUT2D eigenvalue weighted by atomic mass is 9.87. The molecule has 1 fully saturated rings. The average Bonchev–Trinajstić information content (AvgIpc) is 2.79. The lowest BCUT2D eigenvalue weighted by Gasteiger charge is -2.26. The number of nitrogens with zero attached hydrogens (tertiary/aromatic N) is 4. The summed E-state index contributed by atoms with van der Waals surface area (Å²) >= 11 is 0. The Morgan fingerprint density at radius 3 is 2.61 bits per heavy atom. The highest BCUT2D eigenvalue weighted by Crippen LogP contribution is 2.29. The van der Waals surface area contributed by atoms with Crippen molar-refractivity contribution in [1.29, 1.82) is 0 Å². The molecule has 0 atom stereocenters. The Morgan fingerprint density at radius 1 is 1.17 bits per heavy atom. The molecular formula is C25H30N6O4S. The van der Waals surface area contributed by atoms with Crippen molar-refractivity contribution in [2.24, 2.45) is 0 Å². The highest BCUT2D eigenvalue weighted by Gasteiger charge is 2.34. The summed E-state index contributed by atoms with van der Waals surface area (Å²) in [5.74, 6) is 0.130. The first-order valence-electron chi connectivity index (χ1n) is 11.8. The zero-order valence-electron chi connectivity index (χ0n) is 20.8. The molecule has 10 nitrogen and oxygen atoms in total. The molecule has 36 heavy (non-hydrogen) atoms. The van der Waals surface area contributed by atoms with Crippen LogP contribution in [0, 0.1) is 6.92 Å². The summed E-state index contributed by atoms with van der Waals surface area (Å²) in [6, 6.07) is 7.19. The van der Waals surface area contributed by atoms with Gasteiger partial charge in [0, 0.05) is 17.4 Å². The van der Waals surface area contributed by atoms with E-state index < -0.39 is 20.7 Å². The fraction of sp³-hybridized carbons (Fsp3) is 0.400. The molecule has 0 aliphatic heterocycles. The summed E-state index contributed by atoms with van der Waals surface area (Å²) in [5, 5.41) is 2.55. The topological polar surface area (TPSA) is 136 Å². The van der Waals surface area contributed by atoms with Crippen molar-refractivity contribution < 1.29 is 17.9 Å². The van der Waals surface area contributed by atoms with Gasteiger partial charge in [-0.3, -0.25) is 14.5 Å². The van der Waals surface area contributed by atoms with Gasteiger partial charge in [0.05, 0.1) is 41.1 Å². The minimum atomic E-state index is -3.54. The number of rotatable bonds is 9. The van der Waals surface area contributed by atoms with Gasteiger partial charge in [0.2, 0.25) is 27.8 Å². The van der Waals surface area contributed by atoms with Crippen molar-refractivity contribution in [2.75, 3.05) is 16.6 Å². The van der Waals surface area contributed by atoms with Crippen LogP contribution >= 0.6 is 0 Å². The fourth-order valence-corrected chi connectivity index (χ4v) is 5.18. The van der Waals surface area contributed by atoms with Crippen molar-refractivity contribution in [3.63, 3.8) is 0 Å². The second kappa shape index (κ2) is 10.2. The molecule has 2 heterocycles. The van der Waals surface area contributed by atoms with Crippen molar-refractivity contribution in [3.05, 3.63) is 54.1 Å². The number of benzene rings is 1. The van der Waals surface area contributed by atoms with E-state index in [4.69, 9.17) is 4.74 Å². The summed E-state index contributed by atoms with van der Waals surface area (Å²) in [7, 11) is -3.54. The summed E-state index contributed by atoms with van der Waals surface area (Å²) in [6.07, 6.45) is 6.83. The third-order valence-corrected chi connectivity index (χ3v) is 8.08. The van der Waals surface area contributed by atoms with Gasteiger partial charge in [0.25, 0.3) is 0 Å². The summed E-state index contributed by atoms with van der Waals surface area (Å²) in [6.45, 7) is 7.73. The van der Waals surface area contributed by atoms with Crippen LogP contribution in [0.4, 0.5) is 11.6 Å². The quantitative estimate of drug-likeness (QED) is 0.443.